The van der Waals surface area contributed by atoms with Crippen LogP contribution in [0.3, 0.4) is 0 Å². The molecule has 88 valence electrons. The van der Waals surface area contributed by atoms with E-state index in [2.05, 4.69) is 0 Å². The molecular weight excluding hydrogens is 268 g/mol. The van der Waals surface area contributed by atoms with Crippen LogP contribution in [0.4, 0.5) is 0 Å². The molecule has 17 heavy (non-hydrogen) atoms. The Morgan fingerprint density at radius 1 is 1.00 bits per heavy atom. The number of hydrogen-bond donors (Lipinski definition) is 1. The van der Waals surface area contributed by atoms with Gasteiger partial charge in [0.15, 0.2) is 4.91 Å². The second-order valence-corrected chi connectivity index (χ2v) is 5.06. The number of allylic oxidation sites excluding steroid dienone is 2. The smallest absolute Gasteiger partial charge is 0.288 e. The van der Waals surface area contributed by atoms with Gasteiger partial charge in [-0.1, -0.05) is 35.9 Å². The summed E-state index contributed by atoms with van der Waals surface area (Å²) in [5.74, 6) is -1.78. The quantitative estimate of drug-likeness (QED) is 0.781. The topological polar surface area (TPSA) is 88.5 Å². The second-order valence-electron chi connectivity index (χ2n) is 3.32. The van der Waals surface area contributed by atoms with Crippen LogP contribution in [0.1, 0.15) is 20.7 Å². The average molecular weight is 273 g/mol. The molecule has 1 aromatic carbocycles. The molecule has 1 aliphatic carbocycles. The molecule has 0 bridgehead atoms. The lowest BCUT2D eigenvalue weighted by Crippen LogP contribution is -2.24. The van der Waals surface area contributed by atoms with Gasteiger partial charge in [-0.2, -0.15) is 8.42 Å². The van der Waals surface area contributed by atoms with E-state index in [9.17, 15) is 18.0 Å². The predicted octanol–water partition coefficient (Wildman–Crippen LogP) is 1.40. The number of fused-ring (bicyclic) bond motifs is 1. The first-order valence-electron chi connectivity index (χ1n) is 4.39. The van der Waals surface area contributed by atoms with Crippen molar-refractivity contribution < 1.29 is 22.6 Å². The molecule has 0 atom stereocenters. The number of hydrogen-bond acceptors (Lipinski definition) is 4. The summed E-state index contributed by atoms with van der Waals surface area (Å²) in [5, 5.41) is -0.781. The highest BCUT2D eigenvalue weighted by Crippen LogP contribution is 2.30. The maximum absolute atomic E-state index is 11.8. The van der Waals surface area contributed by atoms with Crippen LogP contribution in [0.2, 0.25) is 0 Å². The van der Waals surface area contributed by atoms with E-state index < -0.39 is 31.6 Å². The van der Waals surface area contributed by atoms with Gasteiger partial charge in [0.1, 0.15) is 5.03 Å². The zero-order valence-corrected chi connectivity index (χ0v) is 9.75. The van der Waals surface area contributed by atoms with E-state index in [-0.39, 0.29) is 11.1 Å². The van der Waals surface area contributed by atoms with E-state index >= 15 is 0 Å². The van der Waals surface area contributed by atoms with Gasteiger partial charge in [-0.3, -0.25) is 14.1 Å². The lowest BCUT2D eigenvalue weighted by molar-refractivity contribution is 0.0986. The summed E-state index contributed by atoms with van der Waals surface area (Å²) in [6.07, 6.45) is 0. The fraction of sp³-hybridized carbons (Fsp3) is 0. The summed E-state index contributed by atoms with van der Waals surface area (Å²) < 4.78 is 30.9. The van der Waals surface area contributed by atoms with E-state index in [1.165, 1.54) is 24.3 Å². The van der Waals surface area contributed by atoms with Gasteiger partial charge in [0, 0.05) is 11.1 Å². The minimum Gasteiger partial charge on any atom is -0.288 e. The van der Waals surface area contributed by atoms with Gasteiger partial charge in [0.25, 0.3) is 10.1 Å². The highest BCUT2D eigenvalue weighted by atomic mass is 35.5. The Labute approximate surface area is 101 Å². The molecule has 5 nitrogen and oxygen atoms in total. The highest BCUT2D eigenvalue weighted by molar-refractivity contribution is 7.91. The van der Waals surface area contributed by atoms with Crippen molar-refractivity contribution in [1.82, 2.24) is 0 Å². The monoisotopic (exact) mass is 272 g/mol. The van der Waals surface area contributed by atoms with Crippen LogP contribution in [0.25, 0.3) is 0 Å². The molecule has 0 spiro atoms. The highest BCUT2D eigenvalue weighted by Gasteiger charge is 2.37. The zero-order chi connectivity index (χ0) is 12.8. The molecule has 0 saturated heterocycles. The van der Waals surface area contributed by atoms with Gasteiger partial charge in [-0.15, -0.1) is 0 Å². The third-order valence-corrected chi connectivity index (χ3v) is 3.66. The van der Waals surface area contributed by atoms with Gasteiger partial charge in [-0.05, 0) is 0 Å². The summed E-state index contributed by atoms with van der Waals surface area (Å²) in [4.78, 5) is 22.4. The first-order chi connectivity index (χ1) is 7.84. The standard InChI is InChI=1S/C10H5ClO5S/c11-7-8(12)5-3-1-2-4-6(5)9(13)10(7)17(14,15)16/h1-4H,(H,14,15,16). The number of carbonyl (C=O) groups is 2. The van der Waals surface area contributed by atoms with Crippen LogP contribution in [-0.2, 0) is 10.1 Å². The maximum Gasteiger partial charge on any atom is 0.300 e. The fourth-order valence-electron chi connectivity index (χ4n) is 1.55. The molecule has 2 rings (SSSR count). The molecule has 0 saturated carbocycles. The van der Waals surface area contributed by atoms with Crippen LogP contribution in [-0.4, -0.2) is 24.5 Å². The van der Waals surface area contributed by atoms with Crippen molar-refractivity contribution in [2.75, 3.05) is 0 Å². The Balaban J connectivity index is 2.80. The SMILES string of the molecule is O=C1C(Cl)=C(S(=O)(=O)O)C(=O)c2ccccc21. The maximum atomic E-state index is 11.8. The third kappa shape index (κ3) is 1.80. The Bertz CT molecular complexity index is 672. The zero-order valence-electron chi connectivity index (χ0n) is 8.18. The van der Waals surface area contributed by atoms with Gasteiger partial charge in [0.05, 0.1) is 0 Å². The molecule has 0 unspecified atom stereocenters. The Kier molecular flexibility index (Phi) is 2.65. The second kappa shape index (κ2) is 3.76. The van der Waals surface area contributed by atoms with Crippen molar-refractivity contribution >= 4 is 33.3 Å². The van der Waals surface area contributed by atoms with Crippen LogP contribution < -0.4 is 0 Å². The minimum absolute atomic E-state index is 0.0231. The molecule has 0 fully saturated rings. The van der Waals surface area contributed by atoms with E-state index in [0.29, 0.717) is 0 Å². The number of rotatable bonds is 1. The number of halogens is 1. The Morgan fingerprint density at radius 2 is 1.47 bits per heavy atom. The molecule has 7 heteroatoms. The third-order valence-electron chi connectivity index (χ3n) is 2.28. The van der Waals surface area contributed by atoms with Gasteiger partial charge < -0.3 is 0 Å². The number of carbonyl (C=O) groups excluding carboxylic acids is 2. The molecule has 0 heterocycles. The molecule has 0 aliphatic heterocycles. The van der Waals surface area contributed by atoms with Crippen molar-refractivity contribution in [3.63, 3.8) is 0 Å². The summed E-state index contributed by atoms with van der Waals surface area (Å²) in [6, 6.07) is 5.65. The van der Waals surface area contributed by atoms with Crippen LogP contribution in [0, 0.1) is 0 Å². The first kappa shape index (κ1) is 12.0. The first-order valence-corrected chi connectivity index (χ1v) is 6.21. The number of benzene rings is 1. The molecular formula is C10H5ClO5S. The van der Waals surface area contributed by atoms with E-state index in [0.717, 1.165) is 0 Å². The summed E-state index contributed by atoms with van der Waals surface area (Å²) in [5.41, 5.74) is -0.0653. The predicted molar refractivity (Wildman–Crippen MR) is 59.5 cm³/mol. The van der Waals surface area contributed by atoms with Crippen molar-refractivity contribution in [2.24, 2.45) is 0 Å². The molecule has 0 amide bonds. The molecule has 1 N–H and O–H groups in total. The lowest BCUT2D eigenvalue weighted by atomic mass is 9.95. The Morgan fingerprint density at radius 3 is 1.94 bits per heavy atom. The van der Waals surface area contributed by atoms with E-state index in [1.54, 1.807) is 0 Å². The summed E-state index contributed by atoms with van der Waals surface area (Å²) >= 11 is 5.51. The minimum atomic E-state index is -4.82. The van der Waals surface area contributed by atoms with Gasteiger partial charge in [-0.25, -0.2) is 0 Å². The number of Topliss-reactive ketones (excluding diaryl/α,β-unsaturated/α-hetero) is 2. The van der Waals surface area contributed by atoms with Crippen molar-refractivity contribution in [3.8, 4) is 0 Å². The normalized spacial score (nSPS) is 16.1. The van der Waals surface area contributed by atoms with Crippen molar-refractivity contribution in [1.29, 1.82) is 0 Å². The molecule has 1 aliphatic rings. The largest absolute Gasteiger partial charge is 0.300 e. The van der Waals surface area contributed by atoms with Crippen molar-refractivity contribution in [3.05, 3.63) is 45.3 Å². The summed E-state index contributed by atoms with van der Waals surface area (Å²) in [7, 11) is -4.82. The van der Waals surface area contributed by atoms with E-state index in [1.807, 2.05) is 0 Å². The molecule has 0 radical (unpaired) electrons. The fourth-order valence-corrected chi connectivity index (χ4v) is 2.70. The average Bonchev–Trinajstić information content (AvgIpc) is 2.24. The molecule has 0 aromatic heterocycles. The summed E-state index contributed by atoms with van der Waals surface area (Å²) in [6.45, 7) is 0. The van der Waals surface area contributed by atoms with E-state index in [4.69, 9.17) is 16.2 Å². The lowest BCUT2D eigenvalue weighted by Gasteiger charge is -2.15. The van der Waals surface area contributed by atoms with Gasteiger partial charge in [0.2, 0.25) is 11.6 Å². The van der Waals surface area contributed by atoms with Crippen molar-refractivity contribution in [2.45, 2.75) is 0 Å². The van der Waals surface area contributed by atoms with Gasteiger partial charge >= 0.3 is 0 Å². The van der Waals surface area contributed by atoms with Crippen LogP contribution in [0.5, 0.6) is 0 Å². The number of ketones is 2. The Hall–Kier alpha value is -1.50. The van der Waals surface area contributed by atoms with Crippen LogP contribution >= 0.6 is 11.6 Å². The molecule has 1 aromatic rings. The van der Waals surface area contributed by atoms with Crippen LogP contribution in [0.15, 0.2) is 34.2 Å².